The van der Waals surface area contributed by atoms with Crippen molar-refractivity contribution in [3.8, 4) is 0 Å². The van der Waals surface area contributed by atoms with E-state index in [2.05, 4.69) is 5.32 Å². The van der Waals surface area contributed by atoms with Crippen LogP contribution in [-0.4, -0.2) is 39.9 Å². The number of aliphatic hydroxyl groups excluding tert-OH is 1. The normalized spacial score (nSPS) is 15.2. The standard InChI is InChI=1S/C12H20N2O4S/c1-9(14-11(7-15)8-18-2)10-3-5-12(6-4-10)19(13,16)17/h3-6,9,11,14-15H,7-8H2,1-2H3,(H2,13,16,17). The summed E-state index contributed by atoms with van der Waals surface area (Å²) < 4.78 is 27.2. The molecule has 0 fully saturated rings. The van der Waals surface area contributed by atoms with Gasteiger partial charge in [0.25, 0.3) is 0 Å². The molecule has 7 heteroatoms. The highest BCUT2D eigenvalue weighted by Crippen LogP contribution is 2.16. The number of benzene rings is 1. The number of hydrogen-bond acceptors (Lipinski definition) is 5. The summed E-state index contributed by atoms with van der Waals surface area (Å²) in [5.41, 5.74) is 0.905. The molecule has 0 radical (unpaired) electrons. The highest BCUT2D eigenvalue weighted by Gasteiger charge is 2.13. The Morgan fingerprint density at radius 2 is 1.95 bits per heavy atom. The molecule has 0 saturated carbocycles. The van der Waals surface area contributed by atoms with Gasteiger partial charge in [0.2, 0.25) is 10.0 Å². The Labute approximate surface area is 113 Å². The number of hydrogen-bond donors (Lipinski definition) is 3. The number of aliphatic hydroxyl groups is 1. The maximum absolute atomic E-state index is 11.1. The Kier molecular flexibility index (Phi) is 5.89. The molecular weight excluding hydrogens is 268 g/mol. The lowest BCUT2D eigenvalue weighted by Crippen LogP contribution is -2.38. The van der Waals surface area contributed by atoms with Gasteiger partial charge in [0.15, 0.2) is 0 Å². The van der Waals surface area contributed by atoms with Crippen LogP contribution < -0.4 is 10.5 Å². The van der Waals surface area contributed by atoms with E-state index in [0.29, 0.717) is 6.61 Å². The fourth-order valence-electron chi connectivity index (χ4n) is 1.75. The first-order valence-corrected chi connectivity index (χ1v) is 7.41. The molecular formula is C12H20N2O4S. The lowest BCUT2D eigenvalue weighted by Gasteiger charge is -2.21. The van der Waals surface area contributed by atoms with Gasteiger partial charge in [-0.2, -0.15) is 0 Å². The number of nitrogens with one attached hydrogen (secondary N) is 1. The van der Waals surface area contributed by atoms with Gasteiger partial charge in [-0.3, -0.25) is 0 Å². The van der Waals surface area contributed by atoms with Gasteiger partial charge in [0, 0.05) is 13.2 Å². The van der Waals surface area contributed by atoms with E-state index in [1.165, 1.54) is 12.1 Å². The van der Waals surface area contributed by atoms with E-state index in [0.717, 1.165) is 5.56 Å². The number of ether oxygens (including phenoxy) is 1. The molecule has 0 aliphatic heterocycles. The van der Waals surface area contributed by atoms with Crippen molar-refractivity contribution in [2.24, 2.45) is 5.14 Å². The first-order valence-electron chi connectivity index (χ1n) is 5.87. The first kappa shape index (κ1) is 16.1. The van der Waals surface area contributed by atoms with Crippen LogP contribution in [0, 0.1) is 0 Å². The number of rotatable bonds is 7. The van der Waals surface area contributed by atoms with Gasteiger partial charge in [0.1, 0.15) is 0 Å². The van der Waals surface area contributed by atoms with Crippen LogP contribution in [0.2, 0.25) is 0 Å². The maximum Gasteiger partial charge on any atom is 0.238 e. The molecule has 0 aromatic heterocycles. The Hall–Kier alpha value is -0.990. The Bertz CT molecular complexity index is 487. The van der Waals surface area contributed by atoms with Crippen LogP contribution in [0.25, 0.3) is 0 Å². The molecule has 0 heterocycles. The average Bonchev–Trinajstić information content (AvgIpc) is 2.37. The molecule has 108 valence electrons. The average molecular weight is 288 g/mol. The van der Waals surface area contributed by atoms with E-state index in [9.17, 15) is 8.42 Å². The summed E-state index contributed by atoms with van der Waals surface area (Å²) in [5, 5.41) is 17.4. The molecule has 0 spiro atoms. The van der Waals surface area contributed by atoms with E-state index < -0.39 is 10.0 Å². The largest absolute Gasteiger partial charge is 0.395 e. The third-order valence-electron chi connectivity index (χ3n) is 2.78. The topological polar surface area (TPSA) is 102 Å². The van der Waals surface area contributed by atoms with Crippen molar-refractivity contribution in [1.82, 2.24) is 5.32 Å². The monoisotopic (exact) mass is 288 g/mol. The summed E-state index contributed by atoms with van der Waals surface area (Å²) in [6.07, 6.45) is 0. The molecule has 1 rings (SSSR count). The summed E-state index contributed by atoms with van der Waals surface area (Å²) in [5.74, 6) is 0. The predicted molar refractivity (Wildman–Crippen MR) is 72.1 cm³/mol. The Balaban J connectivity index is 2.75. The van der Waals surface area contributed by atoms with E-state index in [-0.39, 0.29) is 23.6 Å². The van der Waals surface area contributed by atoms with Gasteiger partial charge in [-0.25, -0.2) is 13.6 Å². The lowest BCUT2D eigenvalue weighted by atomic mass is 10.1. The summed E-state index contributed by atoms with van der Waals surface area (Å²) in [6, 6.07) is 6.11. The second-order valence-corrected chi connectivity index (χ2v) is 5.90. The number of sulfonamides is 1. The SMILES string of the molecule is COCC(CO)NC(C)c1ccc(S(N)(=O)=O)cc1. The van der Waals surface area contributed by atoms with Crippen LogP contribution in [0.5, 0.6) is 0 Å². The second-order valence-electron chi connectivity index (χ2n) is 4.34. The fourth-order valence-corrected chi connectivity index (χ4v) is 2.27. The number of nitrogens with two attached hydrogens (primary N) is 1. The molecule has 0 aliphatic carbocycles. The molecule has 0 bridgehead atoms. The molecule has 1 aromatic carbocycles. The minimum atomic E-state index is -3.66. The minimum Gasteiger partial charge on any atom is -0.395 e. The Morgan fingerprint density at radius 1 is 1.37 bits per heavy atom. The lowest BCUT2D eigenvalue weighted by molar-refractivity contribution is 0.123. The molecule has 0 saturated heterocycles. The molecule has 0 aliphatic rings. The quantitative estimate of drug-likeness (QED) is 0.655. The van der Waals surface area contributed by atoms with Crippen LogP contribution in [0.1, 0.15) is 18.5 Å². The highest BCUT2D eigenvalue weighted by atomic mass is 32.2. The molecule has 2 unspecified atom stereocenters. The van der Waals surface area contributed by atoms with Gasteiger partial charge in [-0.15, -0.1) is 0 Å². The predicted octanol–water partition coefficient (Wildman–Crippen LogP) is -0.00810. The second kappa shape index (κ2) is 6.97. The van der Waals surface area contributed by atoms with Crippen molar-refractivity contribution in [3.63, 3.8) is 0 Å². The van der Waals surface area contributed by atoms with E-state index in [1.807, 2.05) is 6.92 Å². The summed E-state index contributed by atoms with van der Waals surface area (Å²) >= 11 is 0. The zero-order valence-electron chi connectivity index (χ0n) is 11.0. The van der Waals surface area contributed by atoms with Crippen molar-refractivity contribution in [1.29, 1.82) is 0 Å². The van der Waals surface area contributed by atoms with Gasteiger partial charge < -0.3 is 15.2 Å². The smallest absolute Gasteiger partial charge is 0.238 e. The minimum absolute atomic E-state index is 0.0343. The Morgan fingerprint density at radius 3 is 2.37 bits per heavy atom. The maximum atomic E-state index is 11.1. The zero-order valence-corrected chi connectivity index (χ0v) is 11.9. The molecule has 4 N–H and O–H groups in total. The molecule has 0 amide bonds. The van der Waals surface area contributed by atoms with Crippen molar-refractivity contribution < 1.29 is 18.3 Å². The highest BCUT2D eigenvalue weighted by molar-refractivity contribution is 7.89. The van der Waals surface area contributed by atoms with Crippen LogP contribution in [0.3, 0.4) is 0 Å². The van der Waals surface area contributed by atoms with Gasteiger partial charge in [0.05, 0.1) is 24.2 Å². The van der Waals surface area contributed by atoms with Gasteiger partial charge >= 0.3 is 0 Å². The van der Waals surface area contributed by atoms with E-state index >= 15 is 0 Å². The first-order chi connectivity index (χ1) is 8.88. The summed E-state index contributed by atoms with van der Waals surface area (Å²) in [4.78, 5) is 0.0825. The molecule has 2 atom stereocenters. The summed E-state index contributed by atoms with van der Waals surface area (Å²) in [6.45, 7) is 2.29. The third kappa shape index (κ3) is 4.88. The molecule has 1 aromatic rings. The molecule has 19 heavy (non-hydrogen) atoms. The van der Waals surface area contributed by atoms with Gasteiger partial charge in [-0.1, -0.05) is 12.1 Å². The number of methoxy groups -OCH3 is 1. The van der Waals surface area contributed by atoms with E-state index in [1.54, 1.807) is 19.2 Å². The zero-order chi connectivity index (χ0) is 14.5. The van der Waals surface area contributed by atoms with Gasteiger partial charge in [-0.05, 0) is 24.6 Å². The molecule has 6 nitrogen and oxygen atoms in total. The fraction of sp³-hybridized carbons (Fsp3) is 0.500. The van der Waals surface area contributed by atoms with Crippen LogP contribution >= 0.6 is 0 Å². The van der Waals surface area contributed by atoms with Crippen molar-refractivity contribution in [3.05, 3.63) is 29.8 Å². The van der Waals surface area contributed by atoms with Crippen LogP contribution in [0.15, 0.2) is 29.2 Å². The third-order valence-corrected chi connectivity index (χ3v) is 3.71. The number of primary sulfonamides is 1. The van der Waals surface area contributed by atoms with E-state index in [4.69, 9.17) is 15.0 Å². The van der Waals surface area contributed by atoms with Crippen LogP contribution in [0.4, 0.5) is 0 Å². The van der Waals surface area contributed by atoms with Crippen LogP contribution in [-0.2, 0) is 14.8 Å². The van der Waals surface area contributed by atoms with Crippen molar-refractivity contribution in [2.45, 2.75) is 23.9 Å². The van der Waals surface area contributed by atoms with Crippen molar-refractivity contribution >= 4 is 10.0 Å². The van der Waals surface area contributed by atoms with Crippen molar-refractivity contribution in [2.75, 3.05) is 20.3 Å². The summed E-state index contributed by atoms with van der Waals surface area (Å²) in [7, 11) is -2.10.